The molecule has 5 rings (SSSR count). The van der Waals surface area contributed by atoms with E-state index >= 15 is 0 Å². The summed E-state index contributed by atoms with van der Waals surface area (Å²) in [7, 11) is -5.40. The number of amides is 2. The van der Waals surface area contributed by atoms with Gasteiger partial charge in [-0.25, -0.2) is 4.18 Å². The Kier molecular flexibility index (Phi) is 18.7. The largest absolute Gasteiger partial charge is 0.397 e. The van der Waals surface area contributed by atoms with Crippen LogP contribution in [0.15, 0.2) is 0 Å². The fraction of sp³-hybridized carbons (Fsp3) is 0.941. The second-order valence-corrected chi connectivity index (χ2v) is 17.0. The maximum atomic E-state index is 12.8. The molecule has 378 valence electrons. The zero-order valence-corrected chi connectivity index (χ0v) is 35.5. The van der Waals surface area contributed by atoms with Crippen molar-refractivity contribution in [2.45, 2.75) is 174 Å². The summed E-state index contributed by atoms with van der Waals surface area (Å²) in [5.41, 5.74) is 0. The van der Waals surface area contributed by atoms with Crippen molar-refractivity contribution >= 4 is 22.2 Å². The molecule has 0 aliphatic carbocycles. The van der Waals surface area contributed by atoms with Crippen LogP contribution in [0, 0.1) is 0 Å². The van der Waals surface area contributed by atoms with Crippen molar-refractivity contribution in [1.29, 1.82) is 0 Å². The highest BCUT2D eigenvalue weighted by Gasteiger charge is 2.57. The second-order valence-electron chi connectivity index (χ2n) is 15.9. The zero-order valence-electron chi connectivity index (χ0n) is 34.6. The van der Waals surface area contributed by atoms with E-state index in [1.165, 1.54) is 6.92 Å². The van der Waals surface area contributed by atoms with Crippen LogP contribution in [0.25, 0.3) is 0 Å². The average molecular weight is 975 g/mol. The molecule has 0 aromatic rings. The minimum absolute atomic E-state index is 0.771. The van der Waals surface area contributed by atoms with Gasteiger partial charge in [-0.2, -0.15) is 8.42 Å². The van der Waals surface area contributed by atoms with Gasteiger partial charge in [-0.05, 0) is 6.92 Å². The third-order valence-corrected chi connectivity index (χ3v) is 11.7. The van der Waals surface area contributed by atoms with Gasteiger partial charge in [0, 0.05) is 13.8 Å². The van der Waals surface area contributed by atoms with Gasteiger partial charge in [-0.15, -0.1) is 0 Å². The topological polar surface area (TPSA) is 468 Å². The predicted molar refractivity (Wildman–Crippen MR) is 199 cm³/mol. The highest BCUT2D eigenvalue weighted by molar-refractivity contribution is 7.80. The van der Waals surface area contributed by atoms with Gasteiger partial charge >= 0.3 is 10.4 Å². The number of nitrogens with one attached hydrogen (secondary N) is 2. The first kappa shape index (κ1) is 53.9. The molecule has 25 atom stereocenters. The van der Waals surface area contributed by atoms with Gasteiger partial charge in [0.25, 0.3) is 0 Å². The van der Waals surface area contributed by atoms with E-state index in [1.807, 2.05) is 0 Å². The van der Waals surface area contributed by atoms with Crippen LogP contribution in [0.4, 0.5) is 0 Å². The van der Waals surface area contributed by atoms with Crippen LogP contribution in [0.1, 0.15) is 20.8 Å². The fourth-order valence-electron chi connectivity index (χ4n) is 7.91. The van der Waals surface area contributed by atoms with E-state index in [0.717, 1.165) is 13.8 Å². The number of carbonyl (C=O) groups excluding carboxylic acids is 2. The molecule has 5 aliphatic heterocycles. The van der Waals surface area contributed by atoms with Gasteiger partial charge in [0.1, 0.15) is 116 Å². The molecule has 0 radical (unpaired) electrons. The third kappa shape index (κ3) is 12.4. The molecule has 0 saturated carbocycles. The van der Waals surface area contributed by atoms with Crippen LogP contribution >= 0.6 is 0 Å². The molecular formula is C34H58N2O28S. The minimum Gasteiger partial charge on any atom is -0.394 e. The van der Waals surface area contributed by atoms with Crippen molar-refractivity contribution < 1.29 is 136 Å². The fourth-order valence-corrected chi connectivity index (χ4v) is 8.42. The first-order valence-corrected chi connectivity index (χ1v) is 21.5. The summed E-state index contributed by atoms with van der Waals surface area (Å²) in [6.07, 6.45) is -43.5. The van der Waals surface area contributed by atoms with Crippen molar-refractivity contribution in [1.82, 2.24) is 10.6 Å². The SMILES string of the molecule is CC(=O)N[C@@H]1[C@@H](O[C@@H]2O[C@H](CO)[C@H](O)[C@H](O)[C@H]2O)[C@@H](O)[C@@H](CO[C@@H]2O[C@H](CO)[C@@H](O[C@@H]3O[C@H](CO)[C@H](O)[C@H](OS(=O)(=O)O)[C@H]3O)[C@H](O[C@@H]3O[C@@H](C)[C@@H](O)[C@@H](O)[C@@H]3O)[C@H]2NC(C)=O)O[C@@H]1O. The Labute approximate surface area is 368 Å². The molecular weight excluding hydrogens is 916 g/mol. The van der Waals surface area contributed by atoms with E-state index in [4.69, 9.17) is 42.6 Å². The van der Waals surface area contributed by atoms with Crippen LogP contribution < -0.4 is 10.6 Å². The molecule has 5 fully saturated rings. The molecule has 65 heavy (non-hydrogen) atoms. The van der Waals surface area contributed by atoms with Crippen LogP contribution in [0.3, 0.4) is 0 Å². The van der Waals surface area contributed by atoms with Crippen molar-refractivity contribution in [3.8, 4) is 0 Å². The normalized spacial score (nSPS) is 47.5. The first-order chi connectivity index (χ1) is 30.4. The Morgan fingerprint density at radius 3 is 1.52 bits per heavy atom. The number of rotatable bonds is 16. The number of hydrogen-bond donors (Lipinski definition) is 16. The van der Waals surface area contributed by atoms with E-state index in [-0.39, 0.29) is 0 Å². The van der Waals surface area contributed by atoms with E-state index in [0.29, 0.717) is 0 Å². The van der Waals surface area contributed by atoms with Gasteiger partial charge < -0.3 is 120 Å². The molecule has 0 unspecified atom stereocenters. The molecule has 30 nitrogen and oxygen atoms in total. The van der Waals surface area contributed by atoms with Crippen molar-refractivity contribution in [2.75, 3.05) is 26.4 Å². The smallest absolute Gasteiger partial charge is 0.394 e. The highest BCUT2D eigenvalue weighted by atomic mass is 32.3. The number of carbonyl (C=O) groups is 2. The summed E-state index contributed by atoms with van der Waals surface area (Å²) in [5, 5.41) is 142. The van der Waals surface area contributed by atoms with Gasteiger partial charge in [0.15, 0.2) is 31.5 Å². The molecule has 0 aromatic heterocycles. The van der Waals surface area contributed by atoms with Crippen molar-refractivity contribution in [2.24, 2.45) is 0 Å². The Bertz CT molecular complexity index is 1670. The van der Waals surface area contributed by atoms with E-state index in [9.17, 15) is 88.9 Å². The summed E-state index contributed by atoms with van der Waals surface area (Å²) in [4.78, 5) is 24.9. The van der Waals surface area contributed by atoms with Crippen molar-refractivity contribution in [3.63, 3.8) is 0 Å². The molecule has 0 aromatic carbocycles. The van der Waals surface area contributed by atoms with Crippen LogP contribution in [-0.2, 0) is 66.8 Å². The average Bonchev–Trinajstić information content (AvgIpc) is 3.24. The zero-order chi connectivity index (χ0) is 48.4. The monoisotopic (exact) mass is 974 g/mol. The summed E-state index contributed by atoms with van der Waals surface area (Å²) >= 11 is 0. The lowest BCUT2D eigenvalue weighted by molar-refractivity contribution is -0.375. The summed E-state index contributed by atoms with van der Waals surface area (Å²) in [5.74, 6) is -1.63. The molecule has 5 aliphatic rings. The van der Waals surface area contributed by atoms with Gasteiger partial charge in [0.2, 0.25) is 11.8 Å². The van der Waals surface area contributed by atoms with Crippen LogP contribution in [-0.4, -0.2) is 271 Å². The highest BCUT2D eigenvalue weighted by Crippen LogP contribution is 2.36. The van der Waals surface area contributed by atoms with Gasteiger partial charge in [-0.1, -0.05) is 0 Å². The molecule has 2 amide bonds. The molecule has 16 N–H and O–H groups in total. The molecule has 5 heterocycles. The van der Waals surface area contributed by atoms with Gasteiger partial charge in [0.05, 0.1) is 32.5 Å². The van der Waals surface area contributed by atoms with Crippen LogP contribution in [0.5, 0.6) is 0 Å². The molecule has 5 saturated heterocycles. The molecule has 0 spiro atoms. The third-order valence-electron chi connectivity index (χ3n) is 11.3. The summed E-state index contributed by atoms with van der Waals surface area (Å²) in [6.45, 7) is -0.530. The summed E-state index contributed by atoms with van der Waals surface area (Å²) < 4.78 is 88.7. The minimum atomic E-state index is -5.40. The number of hydrogen-bond acceptors (Lipinski definition) is 27. The maximum absolute atomic E-state index is 12.8. The Hall–Kier alpha value is -2.07. The Morgan fingerprint density at radius 2 is 0.969 bits per heavy atom. The summed E-state index contributed by atoms with van der Waals surface area (Å²) in [6, 6.07) is -3.36. The standard InChI is InChI=1S/C34H58N2O28S/c1-8-17(42)21(46)23(48)32(56-8)63-28-16(36-10(3)41)31(60-13(6-39)26(28)61-34-25(50)29(64-65(52,53)54)19(44)12(5-38)59-34)55-7-14-20(45)27(15(30(51)57-14)35-9(2)40)62-33-24(49)22(47)18(43)11(4-37)58-33/h8,11-34,37-39,42-51H,4-7H2,1-3H3,(H,35,40)(H,36,41)(H,52,53,54)/t8-,11+,12+,13+,14+,15+,16+,17+,18-,19-,20-,21+,22-,23-,24+,25+,26+,27+,28+,29-,30-,31+,32-,33-,34-/m0/s1. The van der Waals surface area contributed by atoms with E-state index < -0.39 is 202 Å². The lowest BCUT2D eigenvalue weighted by atomic mass is 9.94. The lowest BCUT2D eigenvalue weighted by Gasteiger charge is -2.50. The lowest BCUT2D eigenvalue weighted by Crippen LogP contribution is -2.70. The van der Waals surface area contributed by atoms with Gasteiger partial charge in [-0.3, -0.25) is 14.1 Å². The molecule has 31 heteroatoms. The van der Waals surface area contributed by atoms with Crippen molar-refractivity contribution in [3.05, 3.63) is 0 Å². The quantitative estimate of drug-likeness (QED) is 0.0639. The first-order valence-electron chi connectivity index (χ1n) is 20.1. The Balaban J connectivity index is 1.47. The number of aliphatic hydroxyl groups is 13. The maximum Gasteiger partial charge on any atom is 0.397 e. The van der Waals surface area contributed by atoms with E-state index in [1.54, 1.807) is 0 Å². The van der Waals surface area contributed by atoms with Crippen LogP contribution in [0.2, 0.25) is 0 Å². The number of ether oxygens (including phenoxy) is 9. The predicted octanol–water partition coefficient (Wildman–Crippen LogP) is -10.8. The molecule has 0 bridgehead atoms. The number of aliphatic hydroxyl groups excluding tert-OH is 13. The Morgan fingerprint density at radius 1 is 0.508 bits per heavy atom. The second kappa shape index (κ2) is 22.6. The van der Waals surface area contributed by atoms with E-state index in [2.05, 4.69) is 14.8 Å².